The van der Waals surface area contributed by atoms with Gasteiger partial charge in [0.25, 0.3) is 0 Å². The highest BCUT2D eigenvalue weighted by Gasteiger charge is 2.35. The monoisotopic (exact) mass is 252 g/mol. The number of rotatable bonds is 4. The third kappa shape index (κ3) is 2.16. The summed E-state index contributed by atoms with van der Waals surface area (Å²) in [5, 5.41) is 26.8. The molecule has 1 aromatic heterocycles. The molecule has 3 rings (SSSR count). The third-order valence-electron chi connectivity index (χ3n) is 3.85. The van der Waals surface area contributed by atoms with Crippen LogP contribution in [-0.4, -0.2) is 56.7 Å². The minimum absolute atomic E-state index is 0.113. The van der Waals surface area contributed by atoms with Crippen molar-refractivity contribution in [3.05, 3.63) is 17.5 Å². The molecule has 100 valence electrons. The Bertz CT molecular complexity index is 426. The van der Waals surface area contributed by atoms with Gasteiger partial charge < -0.3 is 15.5 Å². The van der Waals surface area contributed by atoms with E-state index in [1.165, 1.54) is 11.3 Å². The molecule has 1 aromatic rings. The molecule has 6 nitrogen and oxygen atoms in total. The van der Waals surface area contributed by atoms with Crippen molar-refractivity contribution in [2.45, 2.75) is 31.7 Å². The van der Waals surface area contributed by atoms with Gasteiger partial charge >= 0.3 is 0 Å². The number of aliphatic hydroxyl groups excluding tert-OH is 1. The minimum Gasteiger partial charge on any atom is -0.394 e. The Morgan fingerprint density at radius 3 is 3.06 bits per heavy atom. The van der Waals surface area contributed by atoms with Crippen LogP contribution in [0.1, 0.15) is 17.7 Å². The molecule has 0 unspecified atom stereocenters. The van der Waals surface area contributed by atoms with Crippen molar-refractivity contribution in [1.82, 2.24) is 20.0 Å². The second kappa shape index (κ2) is 4.62. The van der Waals surface area contributed by atoms with Crippen LogP contribution in [-0.2, 0) is 19.6 Å². The van der Waals surface area contributed by atoms with Crippen molar-refractivity contribution >= 4 is 0 Å². The molecule has 0 spiro atoms. The number of aromatic nitrogens is 2. The Labute approximate surface area is 106 Å². The third-order valence-corrected chi connectivity index (χ3v) is 3.85. The lowest BCUT2D eigenvalue weighted by Crippen LogP contribution is -2.42. The largest absolute Gasteiger partial charge is 0.394 e. The molecule has 1 saturated heterocycles. The lowest BCUT2D eigenvalue weighted by atomic mass is 10.0. The van der Waals surface area contributed by atoms with E-state index in [1.54, 1.807) is 0 Å². The number of β-amino-alcohol motifs (C(OH)–C–C–N with tert-alkyl or cyclic N) is 1. The molecule has 2 aliphatic heterocycles. The Morgan fingerprint density at radius 1 is 1.44 bits per heavy atom. The summed E-state index contributed by atoms with van der Waals surface area (Å²) < 4.78 is 1.87. The van der Waals surface area contributed by atoms with E-state index in [0.29, 0.717) is 19.6 Å². The van der Waals surface area contributed by atoms with Gasteiger partial charge in [0.1, 0.15) is 0 Å². The highest BCUT2D eigenvalue weighted by molar-refractivity contribution is 5.22. The van der Waals surface area contributed by atoms with Crippen LogP contribution in [0.5, 0.6) is 0 Å². The first-order valence-corrected chi connectivity index (χ1v) is 6.50. The first-order chi connectivity index (χ1) is 8.70. The van der Waals surface area contributed by atoms with E-state index >= 15 is 0 Å². The van der Waals surface area contributed by atoms with Gasteiger partial charge in [-0.3, -0.25) is 9.58 Å². The van der Waals surface area contributed by atoms with E-state index in [-0.39, 0.29) is 6.61 Å². The molecular weight excluding hydrogens is 232 g/mol. The maximum Gasteiger partial charge on any atom is 0.0909 e. The van der Waals surface area contributed by atoms with E-state index in [0.717, 1.165) is 26.1 Å². The molecule has 3 N–H and O–H groups in total. The van der Waals surface area contributed by atoms with Crippen LogP contribution in [0.25, 0.3) is 0 Å². The summed E-state index contributed by atoms with van der Waals surface area (Å²) in [6, 6.07) is 0. The van der Waals surface area contributed by atoms with E-state index in [4.69, 9.17) is 5.11 Å². The number of aliphatic hydroxyl groups is 2. The first-order valence-electron chi connectivity index (χ1n) is 6.50. The van der Waals surface area contributed by atoms with Crippen molar-refractivity contribution in [2.75, 3.05) is 26.2 Å². The van der Waals surface area contributed by atoms with Gasteiger partial charge in [-0.05, 0) is 13.0 Å². The van der Waals surface area contributed by atoms with E-state index < -0.39 is 5.60 Å². The van der Waals surface area contributed by atoms with Gasteiger partial charge in [-0.25, -0.2) is 0 Å². The van der Waals surface area contributed by atoms with Gasteiger partial charge in [0.2, 0.25) is 0 Å². The van der Waals surface area contributed by atoms with Gasteiger partial charge in [0, 0.05) is 31.7 Å². The normalized spacial score (nSPS) is 27.9. The summed E-state index contributed by atoms with van der Waals surface area (Å²) in [4.78, 5) is 2.26. The fourth-order valence-electron chi connectivity index (χ4n) is 2.95. The number of hydrogen-bond acceptors (Lipinski definition) is 5. The molecule has 18 heavy (non-hydrogen) atoms. The quantitative estimate of drug-likeness (QED) is 0.635. The second-order valence-electron chi connectivity index (χ2n) is 5.36. The van der Waals surface area contributed by atoms with Crippen LogP contribution in [0.4, 0.5) is 0 Å². The molecule has 3 heterocycles. The molecule has 0 bridgehead atoms. The fraction of sp³-hybridized carbons (Fsp3) is 0.750. The predicted molar refractivity (Wildman–Crippen MR) is 65.9 cm³/mol. The lowest BCUT2D eigenvalue weighted by Gasteiger charge is -2.27. The first kappa shape index (κ1) is 12.1. The van der Waals surface area contributed by atoms with Crippen LogP contribution < -0.4 is 5.32 Å². The van der Waals surface area contributed by atoms with Crippen molar-refractivity contribution in [1.29, 1.82) is 0 Å². The van der Waals surface area contributed by atoms with E-state index in [9.17, 15) is 5.11 Å². The Hall–Kier alpha value is -0.950. The lowest BCUT2D eigenvalue weighted by molar-refractivity contribution is 0.0190. The molecule has 0 aromatic carbocycles. The summed E-state index contributed by atoms with van der Waals surface area (Å²) in [5.74, 6) is 0. The molecule has 1 atom stereocenters. The SMILES string of the molecule is OCCn1ncc2c1CN(C[C@@]1(O)CCNC1)C2. The second-order valence-corrected chi connectivity index (χ2v) is 5.36. The standard InChI is InChI=1S/C12H20N4O2/c17-4-3-16-11-7-15(6-10(11)5-14-16)9-12(18)1-2-13-8-12/h5,13,17-18H,1-4,6-9H2/t12-/m1/s1. The highest BCUT2D eigenvalue weighted by atomic mass is 16.3. The zero-order valence-corrected chi connectivity index (χ0v) is 10.5. The zero-order valence-electron chi connectivity index (χ0n) is 10.5. The molecule has 0 aliphatic carbocycles. The molecule has 0 saturated carbocycles. The molecule has 0 amide bonds. The van der Waals surface area contributed by atoms with Crippen molar-refractivity contribution in [3.63, 3.8) is 0 Å². The summed E-state index contributed by atoms with van der Waals surface area (Å²) in [6.45, 7) is 4.61. The molecule has 1 fully saturated rings. The van der Waals surface area contributed by atoms with Gasteiger partial charge in [0.05, 0.1) is 30.6 Å². The molecule has 6 heteroatoms. The summed E-state index contributed by atoms with van der Waals surface area (Å²) >= 11 is 0. The maximum atomic E-state index is 10.4. The van der Waals surface area contributed by atoms with E-state index in [1.807, 2.05) is 10.9 Å². The van der Waals surface area contributed by atoms with Gasteiger partial charge in [-0.15, -0.1) is 0 Å². The molecular formula is C12H20N4O2. The van der Waals surface area contributed by atoms with Crippen molar-refractivity contribution in [3.8, 4) is 0 Å². The van der Waals surface area contributed by atoms with Gasteiger partial charge in [0.15, 0.2) is 0 Å². The topological polar surface area (TPSA) is 73.5 Å². The smallest absolute Gasteiger partial charge is 0.0909 e. The minimum atomic E-state index is -0.585. The zero-order chi connectivity index (χ0) is 12.6. The van der Waals surface area contributed by atoms with E-state index in [2.05, 4.69) is 15.3 Å². The van der Waals surface area contributed by atoms with Crippen molar-refractivity contribution < 1.29 is 10.2 Å². The number of hydrogen-bond donors (Lipinski definition) is 3. The summed E-state index contributed by atoms with van der Waals surface area (Å²) in [7, 11) is 0. The Balaban J connectivity index is 1.65. The number of nitrogens with one attached hydrogen (secondary N) is 1. The van der Waals surface area contributed by atoms with Gasteiger partial charge in [-0.1, -0.05) is 0 Å². The van der Waals surface area contributed by atoms with Crippen LogP contribution in [0.15, 0.2) is 6.20 Å². The summed E-state index contributed by atoms with van der Waals surface area (Å²) in [5.41, 5.74) is 1.82. The average molecular weight is 252 g/mol. The fourth-order valence-corrected chi connectivity index (χ4v) is 2.95. The van der Waals surface area contributed by atoms with Crippen LogP contribution in [0.2, 0.25) is 0 Å². The van der Waals surface area contributed by atoms with Crippen molar-refractivity contribution in [2.24, 2.45) is 0 Å². The maximum absolute atomic E-state index is 10.4. The van der Waals surface area contributed by atoms with Crippen LogP contribution in [0, 0.1) is 0 Å². The number of fused-ring (bicyclic) bond motifs is 1. The number of nitrogens with zero attached hydrogens (tertiary/aromatic N) is 3. The molecule has 2 aliphatic rings. The molecule has 0 radical (unpaired) electrons. The predicted octanol–water partition coefficient (Wildman–Crippen LogP) is -1.08. The van der Waals surface area contributed by atoms with Crippen LogP contribution in [0.3, 0.4) is 0 Å². The average Bonchev–Trinajstić information content (AvgIpc) is 2.98. The van der Waals surface area contributed by atoms with Crippen LogP contribution >= 0.6 is 0 Å². The van der Waals surface area contributed by atoms with Gasteiger partial charge in [-0.2, -0.15) is 5.10 Å². The Morgan fingerprint density at radius 2 is 2.33 bits per heavy atom. The Kier molecular flexibility index (Phi) is 3.11. The highest BCUT2D eigenvalue weighted by Crippen LogP contribution is 2.25. The summed E-state index contributed by atoms with van der Waals surface area (Å²) in [6.07, 6.45) is 2.70.